The SMILES string of the molecule is CC1CCC(N2CC(C(=O)NCC(N)C3CC3)CC2=O)CC1.Cl. The van der Waals surface area contributed by atoms with Crippen molar-refractivity contribution in [2.75, 3.05) is 13.1 Å². The fourth-order valence-corrected chi connectivity index (χ4v) is 3.87. The summed E-state index contributed by atoms with van der Waals surface area (Å²) in [5.41, 5.74) is 6.02. The molecule has 2 atom stereocenters. The molecular formula is C17H30ClN3O2. The zero-order valence-corrected chi connectivity index (χ0v) is 14.8. The molecule has 3 fully saturated rings. The van der Waals surface area contributed by atoms with Crippen molar-refractivity contribution in [3.63, 3.8) is 0 Å². The van der Waals surface area contributed by atoms with E-state index in [0.717, 1.165) is 18.8 Å². The summed E-state index contributed by atoms with van der Waals surface area (Å²) >= 11 is 0. The lowest BCUT2D eigenvalue weighted by atomic mass is 9.87. The van der Waals surface area contributed by atoms with E-state index in [-0.39, 0.29) is 36.2 Å². The van der Waals surface area contributed by atoms with E-state index < -0.39 is 0 Å². The first-order chi connectivity index (χ1) is 10.5. The number of nitrogens with one attached hydrogen (secondary N) is 1. The number of nitrogens with zero attached hydrogens (tertiary/aromatic N) is 1. The molecule has 23 heavy (non-hydrogen) atoms. The fourth-order valence-electron chi connectivity index (χ4n) is 3.87. The third-order valence-corrected chi connectivity index (χ3v) is 5.69. The van der Waals surface area contributed by atoms with Crippen LogP contribution in [-0.2, 0) is 9.59 Å². The lowest BCUT2D eigenvalue weighted by molar-refractivity contribution is -0.130. The van der Waals surface area contributed by atoms with E-state index >= 15 is 0 Å². The van der Waals surface area contributed by atoms with Crippen LogP contribution in [0.5, 0.6) is 0 Å². The summed E-state index contributed by atoms with van der Waals surface area (Å²) in [5, 5.41) is 2.95. The van der Waals surface area contributed by atoms with Crippen LogP contribution in [0.4, 0.5) is 0 Å². The first-order valence-corrected chi connectivity index (χ1v) is 8.87. The Bertz CT molecular complexity index is 434. The highest BCUT2D eigenvalue weighted by atomic mass is 35.5. The Kier molecular flexibility index (Phi) is 6.32. The van der Waals surface area contributed by atoms with Crippen molar-refractivity contribution >= 4 is 24.2 Å². The highest BCUT2D eigenvalue weighted by Crippen LogP contribution is 2.32. The van der Waals surface area contributed by atoms with Crippen LogP contribution in [0.1, 0.15) is 51.9 Å². The standard InChI is InChI=1S/C17H29N3O2.ClH/c1-11-2-6-14(7-3-11)20-10-13(8-16(20)21)17(22)19-9-15(18)12-4-5-12;/h11-15H,2-10,18H2,1H3,(H,19,22);1H. The van der Waals surface area contributed by atoms with Gasteiger partial charge >= 0.3 is 0 Å². The van der Waals surface area contributed by atoms with Gasteiger partial charge in [-0.15, -0.1) is 12.4 Å². The van der Waals surface area contributed by atoms with Crippen LogP contribution in [-0.4, -0.2) is 41.9 Å². The zero-order valence-electron chi connectivity index (χ0n) is 14.0. The van der Waals surface area contributed by atoms with Crippen LogP contribution in [0.3, 0.4) is 0 Å². The number of nitrogens with two attached hydrogens (primary N) is 1. The van der Waals surface area contributed by atoms with E-state index in [2.05, 4.69) is 12.2 Å². The summed E-state index contributed by atoms with van der Waals surface area (Å²) in [6.07, 6.45) is 7.32. The second-order valence-corrected chi connectivity index (χ2v) is 7.61. The van der Waals surface area contributed by atoms with Crippen LogP contribution in [0.15, 0.2) is 0 Å². The summed E-state index contributed by atoms with van der Waals surface area (Å²) in [4.78, 5) is 26.5. The molecule has 0 bridgehead atoms. The molecule has 0 spiro atoms. The average Bonchev–Trinajstić information content (AvgIpc) is 3.28. The minimum absolute atomic E-state index is 0. The van der Waals surface area contributed by atoms with Crippen LogP contribution < -0.4 is 11.1 Å². The molecule has 1 saturated heterocycles. The third-order valence-electron chi connectivity index (χ3n) is 5.69. The van der Waals surface area contributed by atoms with E-state index in [9.17, 15) is 9.59 Å². The fraction of sp³-hybridized carbons (Fsp3) is 0.882. The van der Waals surface area contributed by atoms with Crippen molar-refractivity contribution in [3.05, 3.63) is 0 Å². The number of carbonyl (C=O) groups excluding carboxylic acids is 2. The average molecular weight is 344 g/mol. The van der Waals surface area contributed by atoms with E-state index in [0.29, 0.717) is 31.5 Å². The lowest BCUT2D eigenvalue weighted by Gasteiger charge is -2.33. The van der Waals surface area contributed by atoms with Gasteiger partial charge in [0.05, 0.1) is 5.92 Å². The molecule has 0 radical (unpaired) electrons. The maximum absolute atomic E-state index is 12.3. The smallest absolute Gasteiger partial charge is 0.225 e. The predicted octanol–water partition coefficient (Wildman–Crippen LogP) is 1.69. The van der Waals surface area contributed by atoms with Gasteiger partial charge in [-0.05, 0) is 50.4 Å². The molecule has 2 saturated carbocycles. The molecule has 0 aromatic carbocycles. The number of carbonyl (C=O) groups is 2. The van der Waals surface area contributed by atoms with E-state index in [1.54, 1.807) is 0 Å². The number of amides is 2. The number of hydrogen-bond donors (Lipinski definition) is 2. The Morgan fingerprint density at radius 2 is 1.91 bits per heavy atom. The Morgan fingerprint density at radius 1 is 1.26 bits per heavy atom. The minimum Gasteiger partial charge on any atom is -0.354 e. The Balaban J connectivity index is 0.00000192. The van der Waals surface area contributed by atoms with Crippen molar-refractivity contribution in [2.24, 2.45) is 23.5 Å². The number of likely N-dealkylation sites (tertiary alicyclic amines) is 1. The van der Waals surface area contributed by atoms with Crippen LogP contribution in [0.2, 0.25) is 0 Å². The lowest BCUT2D eigenvalue weighted by Crippen LogP contribution is -2.43. The van der Waals surface area contributed by atoms with Gasteiger partial charge < -0.3 is 16.0 Å². The van der Waals surface area contributed by atoms with Gasteiger partial charge in [0, 0.05) is 31.6 Å². The number of halogens is 1. The maximum atomic E-state index is 12.3. The third kappa shape index (κ3) is 4.60. The summed E-state index contributed by atoms with van der Waals surface area (Å²) in [5.74, 6) is 1.35. The quantitative estimate of drug-likeness (QED) is 0.797. The Morgan fingerprint density at radius 3 is 2.52 bits per heavy atom. The monoisotopic (exact) mass is 343 g/mol. The molecule has 132 valence electrons. The van der Waals surface area contributed by atoms with Gasteiger partial charge in [0.15, 0.2) is 0 Å². The van der Waals surface area contributed by atoms with Crippen molar-refractivity contribution in [1.29, 1.82) is 0 Å². The van der Waals surface area contributed by atoms with Gasteiger partial charge in [0.2, 0.25) is 11.8 Å². The Hall–Kier alpha value is -0.810. The van der Waals surface area contributed by atoms with Crippen molar-refractivity contribution in [1.82, 2.24) is 10.2 Å². The molecular weight excluding hydrogens is 314 g/mol. The minimum atomic E-state index is -0.182. The summed E-state index contributed by atoms with van der Waals surface area (Å²) in [7, 11) is 0. The van der Waals surface area contributed by atoms with Crippen LogP contribution >= 0.6 is 12.4 Å². The number of rotatable bonds is 5. The first kappa shape index (κ1) is 18.5. The largest absolute Gasteiger partial charge is 0.354 e. The van der Waals surface area contributed by atoms with Gasteiger partial charge in [-0.25, -0.2) is 0 Å². The van der Waals surface area contributed by atoms with Crippen molar-refractivity contribution in [2.45, 2.75) is 64.0 Å². The maximum Gasteiger partial charge on any atom is 0.225 e. The van der Waals surface area contributed by atoms with Crippen molar-refractivity contribution in [3.8, 4) is 0 Å². The molecule has 3 rings (SSSR count). The van der Waals surface area contributed by atoms with Gasteiger partial charge in [0.25, 0.3) is 0 Å². The highest BCUT2D eigenvalue weighted by molar-refractivity contribution is 5.89. The van der Waals surface area contributed by atoms with Gasteiger partial charge in [-0.3, -0.25) is 9.59 Å². The van der Waals surface area contributed by atoms with E-state index in [1.165, 1.54) is 25.7 Å². The zero-order chi connectivity index (χ0) is 15.7. The molecule has 2 aliphatic carbocycles. The predicted molar refractivity (Wildman–Crippen MR) is 92.2 cm³/mol. The van der Waals surface area contributed by atoms with Gasteiger partial charge in [0.1, 0.15) is 0 Å². The topological polar surface area (TPSA) is 75.4 Å². The normalized spacial score (nSPS) is 32.3. The molecule has 3 aliphatic rings. The molecule has 1 heterocycles. The molecule has 3 N–H and O–H groups in total. The summed E-state index contributed by atoms with van der Waals surface area (Å²) < 4.78 is 0. The molecule has 0 aromatic rings. The van der Waals surface area contributed by atoms with Crippen LogP contribution in [0, 0.1) is 17.8 Å². The number of hydrogen-bond acceptors (Lipinski definition) is 3. The Labute approximate surface area is 145 Å². The molecule has 6 heteroatoms. The summed E-state index contributed by atoms with van der Waals surface area (Å²) in [6.45, 7) is 3.43. The van der Waals surface area contributed by atoms with Gasteiger partial charge in [-0.2, -0.15) is 0 Å². The highest BCUT2D eigenvalue weighted by Gasteiger charge is 2.39. The summed E-state index contributed by atoms with van der Waals surface area (Å²) in [6, 6.07) is 0.437. The first-order valence-electron chi connectivity index (χ1n) is 8.87. The molecule has 2 unspecified atom stereocenters. The van der Waals surface area contributed by atoms with Crippen LogP contribution in [0.25, 0.3) is 0 Å². The second kappa shape index (κ2) is 7.84. The van der Waals surface area contributed by atoms with E-state index in [1.807, 2.05) is 4.90 Å². The van der Waals surface area contributed by atoms with E-state index in [4.69, 9.17) is 5.73 Å². The molecule has 5 nitrogen and oxygen atoms in total. The molecule has 2 amide bonds. The molecule has 1 aliphatic heterocycles. The second-order valence-electron chi connectivity index (χ2n) is 7.61. The van der Waals surface area contributed by atoms with Gasteiger partial charge in [-0.1, -0.05) is 6.92 Å². The van der Waals surface area contributed by atoms with Crippen molar-refractivity contribution < 1.29 is 9.59 Å². The molecule has 0 aromatic heterocycles.